The van der Waals surface area contributed by atoms with Gasteiger partial charge in [0.15, 0.2) is 0 Å². The maximum atomic E-state index is 12.3. The molecule has 5 nitrogen and oxygen atoms in total. The van der Waals surface area contributed by atoms with Gasteiger partial charge in [-0.25, -0.2) is 0 Å². The number of aromatic hydroxyl groups is 2. The highest BCUT2D eigenvalue weighted by Gasteiger charge is 2.24. The monoisotopic (exact) mass is 278 g/mol. The Balaban J connectivity index is 1.94. The smallest absolute Gasteiger partial charge is 0.257 e. The summed E-state index contributed by atoms with van der Waals surface area (Å²) in [6.07, 6.45) is 3.15. The van der Waals surface area contributed by atoms with E-state index in [2.05, 4.69) is 5.32 Å². The number of likely N-dealkylation sites (tertiary alicyclic amines) is 1. The molecule has 1 fully saturated rings. The molecular weight excluding hydrogens is 256 g/mol. The fourth-order valence-corrected chi connectivity index (χ4v) is 2.64. The summed E-state index contributed by atoms with van der Waals surface area (Å²) >= 11 is 0. The Kier molecular flexibility index (Phi) is 4.84. The predicted octanol–water partition coefficient (Wildman–Crippen LogP) is 1.56. The van der Waals surface area contributed by atoms with Crippen LogP contribution in [0.4, 0.5) is 0 Å². The summed E-state index contributed by atoms with van der Waals surface area (Å²) < 4.78 is 0. The number of phenols is 2. The molecule has 3 N–H and O–H groups in total. The SMILES string of the molecule is CNCCC1CCN(C(=O)c2ccc(O)cc2O)CC1. The van der Waals surface area contributed by atoms with Gasteiger partial charge in [-0.05, 0) is 50.9 Å². The van der Waals surface area contributed by atoms with E-state index in [-0.39, 0.29) is 23.0 Å². The molecule has 5 heteroatoms. The Morgan fingerprint density at radius 2 is 2.05 bits per heavy atom. The van der Waals surface area contributed by atoms with Gasteiger partial charge in [0.25, 0.3) is 5.91 Å². The molecule has 1 amide bonds. The first-order chi connectivity index (χ1) is 9.61. The average Bonchev–Trinajstić information content (AvgIpc) is 2.45. The topological polar surface area (TPSA) is 72.8 Å². The zero-order valence-electron chi connectivity index (χ0n) is 11.8. The van der Waals surface area contributed by atoms with E-state index in [4.69, 9.17) is 0 Å². The largest absolute Gasteiger partial charge is 0.508 e. The van der Waals surface area contributed by atoms with E-state index in [0.717, 1.165) is 38.9 Å². The van der Waals surface area contributed by atoms with Gasteiger partial charge >= 0.3 is 0 Å². The average molecular weight is 278 g/mol. The summed E-state index contributed by atoms with van der Waals surface area (Å²) in [6.45, 7) is 2.47. The van der Waals surface area contributed by atoms with Crippen LogP contribution in [0.15, 0.2) is 18.2 Å². The van der Waals surface area contributed by atoms with Crippen LogP contribution >= 0.6 is 0 Å². The highest BCUT2D eigenvalue weighted by atomic mass is 16.3. The van der Waals surface area contributed by atoms with Crippen molar-refractivity contribution in [3.63, 3.8) is 0 Å². The van der Waals surface area contributed by atoms with E-state index in [1.54, 1.807) is 4.90 Å². The van der Waals surface area contributed by atoms with Crippen molar-refractivity contribution in [3.8, 4) is 11.5 Å². The molecule has 0 saturated carbocycles. The van der Waals surface area contributed by atoms with Crippen molar-refractivity contribution in [1.82, 2.24) is 10.2 Å². The van der Waals surface area contributed by atoms with Crippen molar-refractivity contribution in [2.45, 2.75) is 19.3 Å². The van der Waals surface area contributed by atoms with E-state index in [1.165, 1.54) is 18.2 Å². The zero-order chi connectivity index (χ0) is 14.5. The van der Waals surface area contributed by atoms with E-state index in [1.807, 2.05) is 7.05 Å². The molecule has 1 heterocycles. The molecule has 0 aromatic heterocycles. The standard InChI is InChI=1S/C15H22N2O3/c1-16-7-4-11-5-8-17(9-6-11)15(20)13-3-2-12(18)10-14(13)19/h2-3,10-11,16,18-19H,4-9H2,1H3. The fraction of sp³-hybridized carbons (Fsp3) is 0.533. The van der Waals surface area contributed by atoms with E-state index in [9.17, 15) is 15.0 Å². The molecule has 0 aliphatic carbocycles. The van der Waals surface area contributed by atoms with Gasteiger partial charge in [-0.2, -0.15) is 0 Å². The van der Waals surface area contributed by atoms with Crippen LogP contribution in [0.3, 0.4) is 0 Å². The fourth-order valence-electron chi connectivity index (χ4n) is 2.64. The molecule has 1 aliphatic rings. The Morgan fingerprint density at radius 3 is 2.65 bits per heavy atom. The second-order valence-electron chi connectivity index (χ2n) is 5.33. The normalized spacial score (nSPS) is 16.4. The molecule has 0 unspecified atom stereocenters. The molecule has 110 valence electrons. The number of phenolic OH excluding ortho intramolecular Hbond substituents is 2. The molecule has 0 spiro atoms. The van der Waals surface area contributed by atoms with Crippen LogP contribution in [0.2, 0.25) is 0 Å². The first-order valence-electron chi connectivity index (χ1n) is 7.07. The highest BCUT2D eigenvalue weighted by molar-refractivity contribution is 5.97. The lowest BCUT2D eigenvalue weighted by Crippen LogP contribution is -2.39. The van der Waals surface area contributed by atoms with E-state index >= 15 is 0 Å². The minimum absolute atomic E-state index is 0.0372. The van der Waals surface area contributed by atoms with Crippen LogP contribution in [0.25, 0.3) is 0 Å². The third kappa shape index (κ3) is 3.42. The second kappa shape index (κ2) is 6.61. The van der Waals surface area contributed by atoms with Crippen molar-refractivity contribution in [3.05, 3.63) is 23.8 Å². The second-order valence-corrected chi connectivity index (χ2v) is 5.33. The summed E-state index contributed by atoms with van der Waals surface area (Å²) in [4.78, 5) is 14.1. The molecule has 0 atom stereocenters. The van der Waals surface area contributed by atoms with Gasteiger partial charge in [0.2, 0.25) is 0 Å². The number of nitrogens with zero attached hydrogens (tertiary/aromatic N) is 1. The van der Waals surface area contributed by atoms with Crippen LogP contribution in [0.1, 0.15) is 29.6 Å². The molecule has 0 radical (unpaired) electrons. The number of amides is 1. The van der Waals surface area contributed by atoms with Crippen LogP contribution in [-0.2, 0) is 0 Å². The molecule has 20 heavy (non-hydrogen) atoms. The number of carbonyl (C=O) groups is 1. The zero-order valence-corrected chi connectivity index (χ0v) is 11.8. The van der Waals surface area contributed by atoms with Crippen molar-refractivity contribution >= 4 is 5.91 Å². The minimum atomic E-state index is -0.160. The van der Waals surface area contributed by atoms with Crippen molar-refractivity contribution in [1.29, 1.82) is 0 Å². The van der Waals surface area contributed by atoms with Gasteiger partial charge < -0.3 is 20.4 Å². The first kappa shape index (κ1) is 14.7. The van der Waals surface area contributed by atoms with Crippen LogP contribution < -0.4 is 5.32 Å². The number of carbonyl (C=O) groups excluding carboxylic acids is 1. The van der Waals surface area contributed by atoms with Gasteiger partial charge in [0.05, 0.1) is 5.56 Å². The van der Waals surface area contributed by atoms with Gasteiger partial charge in [-0.1, -0.05) is 0 Å². The van der Waals surface area contributed by atoms with Crippen LogP contribution in [0, 0.1) is 5.92 Å². The Labute approximate surface area is 119 Å². The van der Waals surface area contributed by atoms with Crippen LogP contribution in [0.5, 0.6) is 11.5 Å². The molecule has 1 saturated heterocycles. The summed E-state index contributed by atoms with van der Waals surface area (Å²) in [5.74, 6) is 0.312. The lowest BCUT2D eigenvalue weighted by molar-refractivity contribution is 0.0684. The van der Waals surface area contributed by atoms with Crippen molar-refractivity contribution < 1.29 is 15.0 Å². The Hall–Kier alpha value is -1.75. The predicted molar refractivity (Wildman–Crippen MR) is 76.9 cm³/mol. The molecule has 2 rings (SSSR count). The number of rotatable bonds is 4. The van der Waals surface area contributed by atoms with Gasteiger partial charge in [-0.3, -0.25) is 4.79 Å². The minimum Gasteiger partial charge on any atom is -0.508 e. The van der Waals surface area contributed by atoms with Gasteiger partial charge in [0.1, 0.15) is 11.5 Å². The number of hydrogen-bond acceptors (Lipinski definition) is 4. The molecule has 1 aromatic carbocycles. The molecular formula is C15H22N2O3. The first-order valence-corrected chi connectivity index (χ1v) is 7.07. The molecule has 1 aromatic rings. The van der Waals surface area contributed by atoms with E-state index < -0.39 is 0 Å². The summed E-state index contributed by atoms with van der Waals surface area (Å²) in [7, 11) is 1.95. The third-order valence-electron chi connectivity index (χ3n) is 3.92. The van der Waals surface area contributed by atoms with Crippen molar-refractivity contribution in [2.24, 2.45) is 5.92 Å². The van der Waals surface area contributed by atoms with Gasteiger partial charge in [-0.15, -0.1) is 0 Å². The Morgan fingerprint density at radius 1 is 1.35 bits per heavy atom. The number of nitrogens with one attached hydrogen (secondary N) is 1. The van der Waals surface area contributed by atoms with Crippen LogP contribution in [-0.4, -0.2) is 47.7 Å². The van der Waals surface area contributed by atoms with Crippen molar-refractivity contribution in [2.75, 3.05) is 26.7 Å². The number of hydrogen-bond donors (Lipinski definition) is 3. The highest BCUT2D eigenvalue weighted by Crippen LogP contribution is 2.26. The maximum Gasteiger partial charge on any atom is 0.257 e. The van der Waals surface area contributed by atoms with Gasteiger partial charge in [0, 0.05) is 19.2 Å². The third-order valence-corrected chi connectivity index (χ3v) is 3.92. The molecule has 1 aliphatic heterocycles. The number of piperidine rings is 1. The Bertz CT molecular complexity index is 468. The molecule has 0 bridgehead atoms. The summed E-state index contributed by atoms with van der Waals surface area (Å²) in [5, 5.41) is 22.2. The maximum absolute atomic E-state index is 12.3. The van der Waals surface area contributed by atoms with E-state index in [0.29, 0.717) is 5.92 Å². The summed E-state index contributed by atoms with van der Waals surface area (Å²) in [6, 6.07) is 4.10. The lowest BCUT2D eigenvalue weighted by Gasteiger charge is -2.32. The lowest BCUT2D eigenvalue weighted by atomic mass is 9.93. The summed E-state index contributed by atoms with van der Waals surface area (Å²) in [5.41, 5.74) is 0.261. The quantitative estimate of drug-likeness (QED) is 0.781. The number of benzene rings is 1.